The van der Waals surface area contributed by atoms with E-state index in [9.17, 15) is 0 Å². The predicted octanol–water partition coefficient (Wildman–Crippen LogP) is -0.202. The van der Waals surface area contributed by atoms with Crippen LogP contribution in [0.5, 0.6) is 6.01 Å². The van der Waals surface area contributed by atoms with E-state index in [2.05, 4.69) is 20.4 Å². The van der Waals surface area contributed by atoms with Crippen LogP contribution in [0, 0.1) is 0 Å². The molecular weight excluding hydrogens is 276 g/mol. The van der Waals surface area contributed by atoms with Crippen molar-refractivity contribution < 1.29 is 14.2 Å². The van der Waals surface area contributed by atoms with Gasteiger partial charge in [-0.1, -0.05) is 0 Å². The molecular formula is C12H22N6O3. The molecule has 1 fully saturated rings. The van der Waals surface area contributed by atoms with E-state index in [-0.39, 0.29) is 18.1 Å². The van der Waals surface area contributed by atoms with Crippen molar-refractivity contribution in [2.24, 2.45) is 5.84 Å². The van der Waals surface area contributed by atoms with Gasteiger partial charge in [0.1, 0.15) is 6.61 Å². The lowest BCUT2D eigenvalue weighted by Gasteiger charge is -2.26. The Morgan fingerprint density at radius 2 is 2.00 bits per heavy atom. The summed E-state index contributed by atoms with van der Waals surface area (Å²) in [5, 5.41) is 0. The van der Waals surface area contributed by atoms with Crippen LogP contribution in [-0.4, -0.2) is 60.6 Å². The van der Waals surface area contributed by atoms with Gasteiger partial charge in [-0.25, -0.2) is 5.84 Å². The van der Waals surface area contributed by atoms with Crippen LogP contribution >= 0.6 is 0 Å². The summed E-state index contributed by atoms with van der Waals surface area (Å²) in [5.41, 5.74) is 2.42. The Kier molecular flexibility index (Phi) is 5.90. The van der Waals surface area contributed by atoms with E-state index in [1.54, 1.807) is 0 Å². The van der Waals surface area contributed by atoms with E-state index in [1.165, 1.54) is 0 Å². The van der Waals surface area contributed by atoms with E-state index in [1.807, 2.05) is 18.7 Å². The summed E-state index contributed by atoms with van der Waals surface area (Å²) in [5.74, 6) is 6.18. The van der Waals surface area contributed by atoms with Gasteiger partial charge in [-0.15, -0.1) is 0 Å². The molecule has 9 nitrogen and oxygen atoms in total. The summed E-state index contributed by atoms with van der Waals surface area (Å²) in [4.78, 5) is 14.6. The van der Waals surface area contributed by atoms with Crippen LogP contribution < -0.4 is 20.9 Å². The Bertz CT molecular complexity index is 439. The number of aromatic nitrogens is 3. The highest BCUT2D eigenvalue weighted by Crippen LogP contribution is 2.15. The second-order valence-corrected chi connectivity index (χ2v) is 4.75. The van der Waals surface area contributed by atoms with Gasteiger partial charge < -0.3 is 19.1 Å². The fourth-order valence-corrected chi connectivity index (χ4v) is 1.80. The molecule has 0 amide bonds. The minimum atomic E-state index is 0.164. The molecule has 1 aromatic rings. The predicted molar refractivity (Wildman–Crippen MR) is 77.3 cm³/mol. The van der Waals surface area contributed by atoms with Crippen LogP contribution in [0.1, 0.15) is 13.8 Å². The quantitative estimate of drug-likeness (QED) is 0.402. The molecule has 0 saturated carbocycles. The molecule has 0 atom stereocenters. The monoisotopic (exact) mass is 298 g/mol. The SMILES string of the molecule is CC(C)OCCOc1nc(NN)nc(N2CCOCC2)n1. The molecule has 0 bridgehead atoms. The van der Waals surface area contributed by atoms with Gasteiger partial charge >= 0.3 is 6.01 Å². The van der Waals surface area contributed by atoms with Gasteiger partial charge in [0.05, 0.1) is 25.9 Å². The molecule has 0 radical (unpaired) electrons. The third-order valence-electron chi connectivity index (χ3n) is 2.79. The number of nitrogens with zero attached hydrogens (tertiary/aromatic N) is 4. The average Bonchev–Trinajstić information content (AvgIpc) is 2.52. The minimum absolute atomic E-state index is 0.164. The first-order chi connectivity index (χ1) is 10.2. The molecule has 1 aromatic heterocycles. The second-order valence-electron chi connectivity index (χ2n) is 4.75. The van der Waals surface area contributed by atoms with Crippen molar-refractivity contribution in [2.75, 3.05) is 49.8 Å². The van der Waals surface area contributed by atoms with E-state index in [4.69, 9.17) is 20.1 Å². The van der Waals surface area contributed by atoms with Crippen LogP contribution in [0.2, 0.25) is 0 Å². The molecule has 2 heterocycles. The molecule has 0 aliphatic carbocycles. The third kappa shape index (κ3) is 4.96. The normalized spacial score (nSPS) is 15.3. The summed E-state index contributed by atoms with van der Waals surface area (Å²) in [6.07, 6.45) is 0.164. The van der Waals surface area contributed by atoms with Crippen molar-refractivity contribution in [3.63, 3.8) is 0 Å². The Hall–Kier alpha value is -1.71. The smallest absolute Gasteiger partial charge is 0.323 e. The molecule has 3 N–H and O–H groups in total. The third-order valence-corrected chi connectivity index (χ3v) is 2.79. The molecule has 0 aromatic carbocycles. The first-order valence-electron chi connectivity index (χ1n) is 6.99. The second kappa shape index (κ2) is 7.91. The lowest BCUT2D eigenvalue weighted by atomic mass is 10.4. The van der Waals surface area contributed by atoms with Gasteiger partial charge in [0, 0.05) is 13.1 Å². The number of hydrogen-bond acceptors (Lipinski definition) is 9. The summed E-state index contributed by atoms with van der Waals surface area (Å²) >= 11 is 0. The van der Waals surface area contributed by atoms with Crippen LogP contribution in [0.25, 0.3) is 0 Å². The van der Waals surface area contributed by atoms with Crippen molar-refractivity contribution in [2.45, 2.75) is 20.0 Å². The van der Waals surface area contributed by atoms with Crippen LogP contribution in [0.15, 0.2) is 0 Å². The molecule has 0 unspecified atom stereocenters. The van der Waals surface area contributed by atoms with E-state index < -0.39 is 0 Å². The Labute approximate surface area is 123 Å². The zero-order valence-electron chi connectivity index (χ0n) is 12.4. The number of nitrogen functional groups attached to an aromatic ring is 1. The maximum absolute atomic E-state index is 5.49. The van der Waals surface area contributed by atoms with Crippen LogP contribution in [0.4, 0.5) is 11.9 Å². The zero-order valence-corrected chi connectivity index (χ0v) is 12.4. The minimum Gasteiger partial charge on any atom is -0.461 e. The fraction of sp³-hybridized carbons (Fsp3) is 0.750. The van der Waals surface area contributed by atoms with Gasteiger partial charge in [-0.3, -0.25) is 5.43 Å². The highest BCUT2D eigenvalue weighted by molar-refractivity contribution is 5.37. The number of morpholine rings is 1. The number of hydrogen-bond donors (Lipinski definition) is 2. The Morgan fingerprint density at radius 1 is 1.24 bits per heavy atom. The van der Waals surface area contributed by atoms with Gasteiger partial charge in [0.25, 0.3) is 0 Å². The highest BCUT2D eigenvalue weighted by atomic mass is 16.5. The highest BCUT2D eigenvalue weighted by Gasteiger charge is 2.16. The molecule has 2 rings (SSSR count). The fourth-order valence-electron chi connectivity index (χ4n) is 1.80. The maximum atomic E-state index is 5.49. The standard InChI is InChI=1S/C12H22N6O3/c1-9(2)20-7-8-21-12-15-10(17-13)14-11(16-12)18-3-5-19-6-4-18/h9H,3-8,13H2,1-2H3,(H,14,15,16,17). The topological polar surface area (TPSA) is 108 Å². The van der Waals surface area contributed by atoms with Crippen molar-refractivity contribution in [3.8, 4) is 6.01 Å². The largest absolute Gasteiger partial charge is 0.461 e. The molecule has 1 aliphatic heterocycles. The van der Waals surface area contributed by atoms with Gasteiger partial charge in [0.2, 0.25) is 11.9 Å². The van der Waals surface area contributed by atoms with Gasteiger partial charge in [-0.05, 0) is 13.8 Å². The summed E-state index contributed by atoms with van der Waals surface area (Å²) in [7, 11) is 0. The van der Waals surface area contributed by atoms with Gasteiger partial charge in [0.15, 0.2) is 0 Å². The maximum Gasteiger partial charge on any atom is 0.323 e. The average molecular weight is 298 g/mol. The van der Waals surface area contributed by atoms with Crippen LogP contribution in [0.3, 0.4) is 0 Å². The lowest BCUT2D eigenvalue weighted by Crippen LogP contribution is -2.37. The lowest BCUT2D eigenvalue weighted by molar-refractivity contribution is 0.0531. The van der Waals surface area contributed by atoms with Crippen molar-refractivity contribution in [3.05, 3.63) is 0 Å². The number of ether oxygens (including phenoxy) is 3. The molecule has 1 saturated heterocycles. The number of anilines is 2. The van der Waals surface area contributed by atoms with Crippen molar-refractivity contribution in [1.82, 2.24) is 15.0 Å². The molecule has 1 aliphatic rings. The molecule has 9 heteroatoms. The van der Waals surface area contributed by atoms with E-state index >= 15 is 0 Å². The summed E-state index contributed by atoms with van der Waals surface area (Å²) < 4.78 is 16.2. The number of nitrogens with one attached hydrogen (secondary N) is 1. The van der Waals surface area contributed by atoms with Crippen molar-refractivity contribution in [1.29, 1.82) is 0 Å². The molecule has 0 spiro atoms. The Balaban J connectivity index is 1.99. The summed E-state index contributed by atoms with van der Waals surface area (Å²) in [6.45, 7) is 7.53. The molecule has 118 valence electrons. The zero-order chi connectivity index (χ0) is 15.1. The first-order valence-corrected chi connectivity index (χ1v) is 6.99. The first kappa shape index (κ1) is 15.7. The van der Waals surface area contributed by atoms with Crippen molar-refractivity contribution >= 4 is 11.9 Å². The number of rotatable bonds is 7. The van der Waals surface area contributed by atoms with Gasteiger partial charge in [-0.2, -0.15) is 15.0 Å². The Morgan fingerprint density at radius 3 is 2.67 bits per heavy atom. The number of hydrazine groups is 1. The van der Waals surface area contributed by atoms with E-state index in [0.29, 0.717) is 32.4 Å². The summed E-state index contributed by atoms with van der Waals surface area (Å²) in [6, 6.07) is 0.229. The van der Waals surface area contributed by atoms with E-state index in [0.717, 1.165) is 13.1 Å². The molecule has 21 heavy (non-hydrogen) atoms. The van der Waals surface area contributed by atoms with Crippen LogP contribution in [-0.2, 0) is 9.47 Å². The number of nitrogens with two attached hydrogens (primary N) is 1.